The summed E-state index contributed by atoms with van der Waals surface area (Å²) in [5, 5.41) is 13.0. The van der Waals surface area contributed by atoms with Gasteiger partial charge in [-0.3, -0.25) is 9.59 Å². The Morgan fingerprint density at radius 1 is 1.31 bits per heavy atom. The van der Waals surface area contributed by atoms with Crippen LogP contribution in [0.25, 0.3) is 5.57 Å². The van der Waals surface area contributed by atoms with Crippen molar-refractivity contribution < 1.29 is 29.0 Å². The number of aliphatic hydroxyl groups is 1. The highest BCUT2D eigenvalue weighted by Crippen LogP contribution is 2.47. The lowest BCUT2D eigenvalue weighted by Gasteiger charge is -2.44. The topological polar surface area (TPSA) is 105 Å². The van der Waals surface area contributed by atoms with Crippen LogP contribution in [-0.4, -0.2) is 58.8 Å². The number of aliphatic hydroxyl groups excluding tert-OH is 1. The van der Waals surface area contributed by atoms with Crippen LogP contribution < -0.4 is 5.32 Å². The summed E-state index contributed by atoms with van der Waals surface area (Å²) in [7, 11) is 1.73. The fraction of sp³-hybridized carbons (Fsp3) is 0.478. The maximum absolute atomic E-state index is 13.0. The number of β-lactam (4-membered cyclic amide) rings is 1. The number of hydrogen-bond donors (Lipinski definition) is 2. The minimum absolute atomic E-state index is 0.108. The molecule has 1 fully saturated rings. The number of nitrogens with zero attached hydrogens (tertiary/aromatic N) is 1. The molecule has 0 bridgehead atoms. The Labute approximate surface area is 192 Å². The lowest BCUT2D eigenvalue weighted by molar-refractivity contribution is -0.175. The average Bonchev–Trinajstić information content (AvgIpc) is 3.07. The maximum atomic E-state index is 13.0. The first-order chi connectivity index (χ1) is 15.0. The van der Waals surface area contributed by atoms with Crippen molar-refractivity contribution >= 4 is 40.6 Å². The van der Waals surface area contributed by atoms with Crippen molar-refractivity contribution in [3.05, 3.63) is 41.1 Å². The zero-order valence-corrected chi connectivity index (χ0v) is 19.6. The van der Waals surface area contributed by atoms with E-state index in [1.807, 2.05) is 24.3 Å². The summed E-state index contributed by atoms with van der Waals surface area (Å²) >= 11 is 5.31. The SMILES string of the molecule is CNC(=S)c1cccc(C2=C(C(=O)OCOC(=O)C(C)(C)C)N3C(=O)[C@H]([C@@H](C)O)[C@H]3C2)c1. The number of hydrogen-bond acceptors (Lipinski definition) is 7. The fourth-order valence-electron chi connectivity index (χ4n) is 3.93. The van der Waals surface area contributed by atoms with Gasteiger partial charge in [0.05, 0.1) is 23.5 Å². The molecule has 2 heterocycles. The number of carbonyl (C=O) groups is 3. The molecule has 2 aliphatic rings. The Hall–Kier alpha value is -2.78. The third-order valence-electron chi connectivity index (χ3n) is 5.61. The van der Waals surface area contributed by atoms with Crippen LogP contribution in [0.2, 0.25) is 0 Å². The third kappa shape index (κ3) is 4.40. The molecule has 8 nitrogen and oxygen atoms in total. The molecule has 0 spiro atoms. The van der Waals surface area contributed by atoms with Crippen LogP contribution in [0.5, 0.6) is 0 Å². The van der Waals surface area contributed by atoms with Crippen LogP contribution in [0.3, 0.4) is 0 Å². The number of ether oxygens (including phenoxy) is 2. The number of fused-ring (bicyclic) bond motifs is 1. The van der Waals surface area contributed by atoms with Crippen LogP contribution >= 0.6 is 12.2 Å². The van der Waals surface area contributed by atoms with Crippen molar-refractivity contribution in [2.45, 2.75) is 46.3 Å². The smallest absolute Gasteiger partial charge is 0.358 e. The summed E-state index contributed by atoms with van der Waals surface area (Å²) in [6.07, 6.45) is -0.445. The van der Waals surface area contributed by atoms with Crippen LogP contribution in [0, 0.1) is 11.3 Å². The highest BCUT2D eigenvalue weighted by molar-refractivity contribution is 7.80. The average molecular weight is 461 g/mol. The van der Waals surface area contributed by atoms with E-state index >= 15 is 0 Å². The first kappa shape index (κ1) is 23.9. The van der Waals surface area contributed by atoms with E-state index in [4.69, 9.17) is 21.7 Å². The molecular weight excluding hydrogens is 432 g/mol. The molecule has 1 aromatic rings. The molecule has 2 N–H and O–H groups in total. The van der Waals surface area contributed by atoms with Gasteiger partial charge in [0.25, 0.3) is 0 Å². The Morgan fingerprint density at radius 2 is 2.00 bits per heavy atom. The minimum atomic E-state index is -0.837. The van der Waals surface area contributed by atoms with E-state index in [1.165, 1.54) is 4.90 Å². The quantitative estimate of drug-likeness (QED) is 0.287. The van der Waals surface area contributed by atoms with Gasteiger partial charge in [0.2, 0.25) is 12.7 Å². The van der Waals surface area contributed by atoms with Gasteiger partial charge in [0.15, 0.2) is 0 Å². The standard InChI is InChI=1S/C23H28N2O6S/c1-12(26)17-16-10-15(13-7-6-8-14(9-13)19(32)24-5)18(25(16)20(17)27)21(28)30-11-31-22(29)23(2,3)4/h6-9,12,16-17,26H,10-11H2,1-5H3,(H,24,32)/t12-,16-,17-/m1/s1. The molecule has 1 amide bonds. The molecule has 1 saturated heterocycles. The number of rotatable bonds is 6. The number of esters is 2. The van der Waals surface area contributed by atoms with E-state index < -0.39 is 36.2 Å². The van der Waals surface area contributed by atoms with Crippen molar-refractivity contribution in [1.29, 1.82) is 0 Å². The first-order valence-electron chi connectivity index (χ1n) is 10.4. The number of nitrogens with one attached hydrogen (secondary N) is 1. The molecule has 1 aromatic carbocycles. The Balaban J connectivity index is 1.90. The molecular formula is C23H28N2O6S. The molecule has 32 heavy (non-hydrogen) atoms. The van der Waals surface area contributed by atoms with Crippen molar-refractivity contribution in [1.82, 2.24) is 10.2 Å². The van der Waals surface area contributed by atoms with E-state index in [2.05, 4.69) is 5.32 Å². The lowest BCUT2D eigenvalue weighted by Crippen LogP contribution is -2.61. The van der Waals surface area contributed by atoms with Gasteiger partial charge in [-0.15, -0.1) is 0 Å². The first-order valence-corrected chi connectivity index (χ1v) is 10.8. The normalized spacial score (nSPS) is 20.9. The summed E-state index contributed by atoms with van der Waals surface area (Å²) in [5.41, 5.74) is 1.49. The highest BCUT2D eigenvalue weighted by atomic mass is 32.1. The summed E-state index contributed by atoms with van der Waals surface area (Å²) in [6, 6.07) is 7.00. The molecule has 0 radical (unpaired) electrons. The third-order valence-corrected chi connectivity index (χ3v) is 6.05. The van der Waals surface area contributed by atoms with Gasteiger partial charge in [0, 0.05) is 12.6 Å². The van der Waals surface area contributed by atoms with Gasteiger partial charge in [0.1, 0.15) is 10.7 Å². The molecule has 3 atom stereocenters. The van der Waals surface area contributed by atoms with E-state index in [-0.39, 0.29) is 17.6 Å². The number of amides is 1. The number of carbonyl (C=O) groups excluding carboxylic acids is 3. The van der Waals surface area contributed by atoms with Crippen molar-refractivity contribution in [2.75, 3.05) is 13.8 Å². The van der Waals surface area contributed by atoms with E-state index in [0.717, 1.165) is 11.1 Å². The molecule has 0 aromatic heterocycles. The van der Waals surface area contributed by atoms with Crippen molar-refractivity contribution in [3.8, 4) is 0 Å². The lowest BCUT2D eigenvalue weighted by atomic mass is 9.82. The van der Waals surface area contributed by atoms with Crippen LogP contribution in [0.15, 0.2) is 30.0 Å². The van der Waals surface area contributed by atoms with E-state index in [1.54, 1.807) is 34.7 Å². The predicted octanol–water partition coefficient (Wildman–Crippen LogP) is 1.99. The van der Waals surface area contributed by atoms with Gasteiger partial charge < -0.3 is 24.8 Å². The summed E-state index contributed by atoms with van der Waals surface area (Å²) in [4.78, 5) is 39.6. The van der Waals surface area contributed by atoms with E-state index in [0.29, 0.717) is 17.0 Å². The zero-order valence-electron chi connectivity index (χ0n) is 18.8. The zero-order chi connectivity index (χ0) is 23.8. The van der Waals surface area contributed by atoms with Crippen molar-refractivity contribution in [3.63, 3.8) is 0 Å². The van der Waals surface area contributed by atoms with Gasteiger partial charge in [-0.2, -0.15) is 0 Å². The largest absolute Gasteiger partial charge is 0.427 e. The Bertz CT molecular complexity index is 994. The fourth-order valence-corrected chi connectivity index (χ4v) is 4.06. The minimum Gasteiger partial charge on any atom is -0.427 e. The molecule has 0 unspecified atom stereocenters. The van der Waals surface area contributed by atoms with Crippen LogP contribution in [0.1, 0.15) is 45.2 Å². The molecule has 0 saturated carbocycles. The summed E-state index contributed by atoms with van der Waals surface area (Å²) < 4.78 is 10.2. The molecule has 9 heteroatoms. The van der Waals surface area contributed by atoms with Gasteiger partial charge in [-0.25, -0.2) is 4.79 Å². The van der Waals surface area contributed by atoms with Gasteiger partial charge in [-0.05, 0) is 51.3 Å². The monoisotopic (exact) mass is 460 g/mol. The molecule has 2 aliphatic heterocycles. The second-order valence-corrected chi connectivity index (χ2v) is 9.37. The predicted molar refractivity (Wildman–Crippen MR) is 121 cm³/mol. The van der Waals surface area contributed by atoms with Gasteiger partial charge >= 0.3 is 11.9 Å². The second-order valence-electron chi connectivity index (χ2n) is 8.96. The van der Waals surface area contributed by atoms with E-state index in [9.17, 15) is 19.5 Å². The summed E-state index contributed by atoms with van der Waals surface area (Å²) in [5.74, 6) is -2.19. The van der Waals surface area contributed by atoms with Crippen LogP contribution in [0.4, 0.5) is 0 Å². The molecule has 3 rings (SSSR count). The maximum Gasteiger partial charge on any atom is 0.358 e. The van der Waals surface area contributed by atoms with Crippen LogP contribution in [-0.2, 0) is 23.9 Å². The van der Waals surface area contributed by atoms with Crippen molar-refractivity contribution in [2.24, 2.45) is 11.3 Å². The second kappa shape index (κ2) is 8.99. The Kier molecular flexibility index (Phi) is 6.71. The Morgan fingerprint density at radius 3 is 2.59 bits per heavy atom. The molecule has 172 valence electrons. The molecule has 0 aliphatic carbocycles. The number of thiocarbonyl (C=S) groups is 1. The van der Waals surface area contributed by atoms with Gasteiger partial charge in [-0.1, -0.05) is 30.4 Å². The number of benzene rings is 1. The highest BCUT2D eigenvalue weighted by Gasteiger charge is 2.57. The summed E-state index contributed by atoms with van der Waals surface area (Å²) in [6.45, 7) is 6.08.